The summed E-state index contributed by atoms with van der Waals surface area (Å²) in [6, 6.07) is -2.81. The fourth-order valence-corrected chi connectivity index (χ4v) is 7.83. The Labute approximate surface area is 661 Å². The molecular weight excluding hydrogens is 1550 g/mol. The van der Waals surface area contributed by atoms with Gasteiger partial charge >= 0.3 is 65.8 Å². The molecule has 1 aromatic rings. The van der Waals surface area contributed by atoms with Crippen molar-refractivity contribution in [2.45, 2.75) is 208 Å². The van der Waals surface area contributed by atoms with Crippen LogP contribution in [0.3, 0.4) is 0 Å². The minimum atomic E-state index is -1.17. The number of Topliss-reactive ketones (excluding diaryl/α,β-unsaturated/α-hetero) is 3. The number of hydrogen-bond donors (Lipinski definition) is 12. The average Bonchev–Trinajstić information content (AvgIpc) is 1.77. The predicted octanol–water partition coefficient (Wildman–Crippen LogP) is 0.332. The highest BCUT2D eigenvalue weighted by Gasteiger charge is 2.32. The van der Waals surface area contributed by atoms with Crippen molar-refractivity contribution in [2.24, 2.45) is 62.3 Å². The summed E-state index contributed by atoms with van der Waals surface area (Å²) in [4.78, 5) is 150. The summed E-state index contributed by atoms with van der Waals surface area (Å²) in [6.07, 6.45) is 14.5. The maximum Gasteiger partial charge on any atom is 0.415 e. The van der Waals surface area contributed by atoms with E-state index in [2.05, 4.69) is 46.3 Å². The van der Waals surface area contributed by atoms with E-state index in [0.29, 0.717) is 121 Å². The molecule has 109 heavy (non-hydrogen) atoms. The molecule has 0 bridgehead atoms. The van der Waals surface area contributed by atoms with Gasteiger partial charge in [0.2, 0.25) is 0 Å². The normalized spacial score (nSPS) is 12.4. The fourth-order valence-electron chi connectivity index (χ4n) is 7.38. The monoisotopic (exact) mass is 1660 g/mol. The van der Waals surface area contributed by atoms with Gasteiger partial charge in [-0.15, -0.1) is 57.9 Å². The second-order valence-corrected chi connectivity index (χ2v) is 24.0. The lowest BCUT2D eigenvalue weighted by Crippen LogP contribution is -3.00. The molecule has 1 aliphatic heterocycles. The number of amides is 1. The Morgan fingerprint density at radius 3 is 1.33 bits per heavy atom. The summed E-state index contributed by atoms with van der Waals surface area (Å²) in [7, 11) is 0. The van der Waals surface area contributed by atoms with Gasteiger partial charge in [-0.3, -0.25) is 73.9 Å². The third-order valence-corrected chi connectivity index (χ3v) is 14.6. The number of aliphatic hydroxyl groups is 1. The lowest BCUT2D eigenvalue weighted by molar-refractivity contribution is -0.478. The van der Waals surface area contributed by atoms with Gasteiger partial charge in [0, 0.05) is 111 Å². The standard InChI is InChI=1S/C15H26N6O3.C11H19ClO3.C11H19N3O3.C9H12ClNO5.C8H14ClNO4.C5H9NO4.C4H7N3.C3H7ClO.ClH/c1-3-12(11(2)22)5-6-14(23)24-8-4-7-21-10-13(19-20-21)9-18-15(16)17;1-3-10(9(2)13)5-6-11(14)15-8-4-7-12;1-3-10(9(2)15)5-6-11(16)17-8-4-7-13-14-12;10-4-1-5-15-7(12)3-2-6-8(13)16-9(14)11-6;9-4-1-5-14-7(11)3-2-6(10)8(12)13;6-3(5(9)10)1-2-4(7)8;1-2-3-7-4(5)6;4-2-1-3-5;/h10,12H,3-9H2,1-2H3,(H4,16,17,18);10H,3-8H2,1-2H3;10H,3-8H2,1-2H3;6H,1-5H2,(H,11,14);6H,1-5,10H2,(H,12,13);3H,1-2,6H2,(H,7,8)(H,9,10);1H,3H2,(H4,5,6,7);5H,1-3H2;1H/t12-;2*10-;2*6-;3-;;;/m000000.../s1. The summed E-state index contributed by atoms with van der Waals surface area (Å²) in [5, 5.41) is 46.2. The largest absolute Gasteiger partial charge is 1.00 e. The lowest BCUT2D eigenvalue weighted by atomic mass is 9.96. The molecule has 38 nitrogen and oxygen atoms in total. The number of esters is 6. The number of aliphatic carboxylic acids is 3. The number of ketones is 3. The number of carbonyl (C=O) groups is 13. The number of rotatable bonds is 48. The molecule has 1 fully saturated rings. The van der Waals surface area contributed by atoms with Crippen LogP contribution in [-0.2, 0) is 99.0 Å². The first-order chi connectivity index (χ1) is 51.1. The van der Waals surface area contributed by atoms with Gasteiger partial charge in [-0.25, -0.2) is 14.6 Å². The number of terminal acetylenes is 1. The first-order valence-corrected chi connectivity index (χ1v) is 36.6. The quantitative estimate of drug-likeness (QED) is 0.00357. The molecule has 1 saturated heterocycles. The molecule has 1 amide bonds. The molecule has 0 aliphatic carbocycles. The van der Waals surface area contributed by atoms with Crippen molar-refractivity contribution in [2.75, 3.05) is 76.3 Å². The van der Waals surface area contributed by atoms with Crippen molar-refractivity contribution in [1.29, 1.82) is 0 Å². The summed E-state index contributed by atoms with van der Waals surface area (Å²) in [5.74, 6) is -1.01. The number of guanidine groups is 2. The zero-order valence-electron chi connectivity index (χ0n) is 62.9. The number of aryl methyl sites for hydroxylation is 1. The van der Waals surface area contributed by atoms with E-state index in [1.165, 1.54) is 0 Å². The van der Waals surface area contributed by atoms with Crippen LogP contribution in [0.25, 0.3) is 10.4 Å². The molecule has 626 valence electrons. The van der Waals surface area contributed by atoms with Gasteiger partial charge in [-0.05, 0) is 116 Å². The summed E-state index contributed by atoms with van der Waals surface area (Å²) in [5.41, 5.74) is 39.4. The van der Waals surface area contributed by atoms with Crippen LogP contribution in [-0.4, -0.2) is 219 Å². The molecule has 0 unspecified atom stereocenters. The van der Waals surface area contributed by atoms with E-state index in [1.807, 2.05) is 20.8 Å². The molecule has 0 radical (unpaired) electrons. The second kappa shape index (κ2) is 79.1. The Morgan fingerprint density at radius 2 is 1.03 bits per heavy atom. The molecule has 1 aliphatic rings. The molecular formula is C66H114Cl5N15O23. The van der Waals surface area contributed by atoms with Gasteiger partial charge in [0.15, 0.2) is 5.96 Å². The van der Waals surface area contributed by atoms with Gasteiger partial charge in [0.25, 0.3) is 0 Å². The third kappa shape index (κ3) is 80.4. The smallest absolute Gasteiger partial charge is 0.415 e. The van der Waals surface area contributed by atoms with Crippen molar-refractivity contribution < 1.29 is 129 Å². The number of nitrogens with one attached hydrogen (secondary N) is 2. The number of carboxylic acid groups (broad SMARTS) is 3. The highest BCUT2D eigenvalue weighted by Crippen LogP contribution is 2.15. The number of carbonyl (C=O) groups excluding carboxylic acids is 10. The van der Waals surface area contributed by atoms with E-state index in [1.54, 1.807) is 31.6 Å². The van der Waals surface area contributed by atoms with Gasteiger partial charge in [0.05, 0.1) is 39.2 Å². The van der Waals surface area contributed by atoms with E-state index < -0.39 is 60.0 Å². The van der Waals surface area contributed by atoms with Gasteiger partial charge in [-0.2, -0.15) is 0 Å². The Balaban J connectivity index is -0.000000225. The number of carboxylic acids is 3. The van der Waals surface area contributed by atoms with Crippen LogP contribution in [0.5, 0.6) is 0 Å². The molecule has 0 saturated carbocycles. The minimum Gasteiger partial charge on any atom is -1.00 e. The number of alkyl halides is 4. The van der Waals surface area contributed by atoms with Crippen LogP contribution in [0, 0.1) is 30.1 Å². The zero-order valence-corrected chi connectivity index (χ0v) is 66.7. The first-order valence-electron chi connectivity index (χ1n) is 34.4. The molecule has 18 N–H and O–H groups in total. The van der Waals surface area contributed by atoms with Crippen LogP contribution in [0.2, 0.25) is 0 Å². The highest BCUT2D eigenvalue weighted by atomic mass is 35.5. The highest BCUT2D eigenvalue weighted by molar-refractivity contribution is 6.18. The summed E-state index contributed by atoms with van der Waals surface area (Å²) in [6.45, 7) is 13.8. The van der Waals surface area contributed by atoms with Gasteiger partial charge < -0.3 is 89.5 Å². The number of ether oxygens (including phenoxy) is 6. The van der Waals surface area contributed by atoms with E-state index in [4.69, 9.17) is 137 Å². The van der Waals surface area contributed by atoms with Crippen molar-refractivity contribution in [3.8, 4) is 12.3 Å². The number of hydrogen-bond acceptors (Lipinski definition) is 26. The SMILES string of the molecule is C#CCN=C(N)N.CC[C@@H](CCC(=O)OCCCCl)C(C)=O.CC[C@@H](CCC(=O)OCCCN=[N+]=[N-])C(C)=O.CC[C@@H](CCC(=O)OCCCn1cc(C[NH+]=C(N)N)nn1)C(C)=O.N[C@@H](CCC(=O)O)C(=O)O.N[C@@H](CCC(=O)OCCCCl)C(=O)O.O=C(CC[C@@H]1NC(=O)OC1=O)OCCCCl.OCCCCl.[Cl-]. The minimum absolute atomic E-state index is 0. The molecule has 0 spiro atoms. The van der Waals surface area contributed by atoms with Crippen molar-refractivity contribution in [3.05, 3.63) is 22.3 Å². The maximum atomic E-state index is 11.6. The molecule has 6 atom stereocenters. The number of aliphatic hydroxyl groups excluding tert-OH is 1. The number of aromatic nitrogens is 3. The molecule has 1 aromatic heterocycles. The second-order valence-electron chi connectivity index (χ2n) is 22.5. The first kappa shape index (κ1) is 114. The maximum absolute atomic E-state index is 11.6. The number of nitrogens with two attached hydrogens (primary N) is 6. The van der Waals surface area contributed by atoms with E-state index >= 15 is 0 Å². The topological polar surface area (TPSA) is 632 Å². The van der Waals surface area contributed by atoms with Gasteiger partial charge in [-0.1, -0.05) is 37.0 Å². The Kier molecular flexibility index (Phi) is 82.7. The number of aliphatic imine (C=N–C) groups is 1. The third-order valence-electron chi connectivity index (χ3n) is 13.5. The van der Waals surface area contributed by atoms with Crippen LogP contribution < -0.4 is 57.1 Å². The average molecular weight is 1660 g/mol. The van der Waals surface area contributed by atoms with Crippen LogP contribution in [0.4, 0.5) is 4.79 Å². The van der Waals surface area contributed by atoms with E-state index in [-0.39, 0.29) is 162 Å². The van der Waals surface area contributed by atoms with Crippen molar-refractivity contribution in [1.82, 2.24) is 20.3 Å². The van der Waals surface area contributed by atoms with Crippen molar-refractivity contribution >= 4 is 135 Å². The number of alkyl carbamates (subject to hydrolysis) is 1. The number of nitrogens with zero attached hydrogens (tertiary/aromatic N) is 7. The Morgan fingerprint density at radius 1 is 0.642 bits per heavy atom. The Hall–Kier alpha value is -8.41. The fraction of sp³-hybridized carbons (Fsp3) is 0.712. The molecule has 0 aromatic carbocycles. The van der Waals surface area contributed by atoms with Crippen LogP contribution in [0.1, 0.15) is 182 Å². The van der Waals surface area contributed by atoms with Crippen LogP contribution >= 0.6 is 46.4 Å². The summed E-state index contributed by atoms with van der Waals surface area (Å²) >= 11 is 21.3. The van der Waals surface area contributed by atoms with E-state index in [9.17, 15) is 62.3 Å². The lowest BCUT2D eigenvalue weighted by Gasteiger charge is -2.10. The number of halogens is 5. The van der Waals surface area contributed by atoms with Gasteiger partial charge in [0.1, 0.15) is 54.3 Å². The number of cyclic esters (lactones) is 2. The molecule has 2 heterocycles. The predicted molar refractivity (Wildman–Crippen MR) is 400 cm³/mol. The Bertz CT molecular complexity index is 2880. The molecule has 43 heteroatoms. The molecule has 2 rings (SSSR count). The van der Waals surface area contributed by atoms with E-state index in [0.717, 1.165) is 25.0 Å². The zero-order chi connectivity index (χ0) is 83.6. The van der Waals surface area contributed by atoms with Crippen molar-refractivity contribution in [3.63, 3.8) is 0 Å². The number of azide groups is 1. The summed E-state index contributed by atoms with van der Waals surface area (Å²) < 4.78 is 30.5. The van der Waals surface area contributed by atoms with Crippen LogP contribution in [0.15, 0.2) is 16.3 Å².